The molecule has 1 rings (SSSR count). The first kappa shape index (κ1) is 10.9. The Morgan fingerprint density at radius 2 is 2.23 bits per heavy atom. The quantitative estimate of drug-likeness (QED) is 0.466. The van der Waals surface area contributed by atoms with E-state index in [9.17, 15) is 9.18 Å². The molecule has 1 aromatic carbocycles. The molecule has 4 heteroatoms. The normalized spacial score (nSPS) is 10.2. The number of alkyl halides is 1. The molecular formula is C9H7ClFIO. The largest absolute Gasteiger partial charge is 0.293 e. The third-order valence-electron chi connectivity index (χ3n) is 1.68. The summed E-state index contributed by atoms with van der Waals surface area (Å²) in [6.07, 6.45) is 0. The van der Waals surface area contributed by atoms with Crippen LogP contribution in [0, 0.1) is 16.3 Å². The lowest BCUT2D eigenvalue weighted by molar-refractivity contribution is 0.101. The molecule has 0 saturated heterocycles. The molecular weight excluding hydrogens is 305 g/mol. The van der Waals surface area contributed by atoms with Gasteiger partial charge in [0.2, 0.25) is 0 Å². The fourth-order valence-corrected chi connectivity index (χ4v) is 1.85. The van der Waals surface area contributed by atoms with Crippen LogP contribution in [-0.2, 0) is 0 Å². The van der Waals surface area contributed by atoms with Gasteiger partial charge in [-0.1, -0.05) is 6.07 Å². The lowest BCUT2D eigenvalue weighted by Crippen LogP contribution is -2.07. The van der Waals surface area contributed by atoms with Crippen LogP contribution in [0.15, 0.2) is 12.1 Å². The van der Waals surface area contributed by atoms with Gasteiger partial charge in [-0.3, -0.25) is 4.79 Å². The highest BCUT2D eigenvalue weighted by Crippen LogP contribution is 2.20. The van der Waals surface area contributed by atoms with Crippen LogP contribution in [0.4, 0.5) is 4.39 Å². The Labute approximate surface area is 94.4 Å². The second kappa shape index (κ2) is 4.37. The third kappa shape index (κ3) is 2.20. The molecule has 0 aliphatic rings. The van der Waals surface area contributed by atoms with Crippen molar-refractivity contribution in [1.82, 2.24) is 0 Å². The summed E-state index contributed by atoms with van der Waals surface area (Å²) in [4.78, 5) is 11.2. The van der Waals surface area contributed by atoms with E-state index >= 15 is 0 Å². The molecule has 0 radical (unpaired) electrons. The van der Waals surface area contributed by atoms with Crippen molar-refractivity contribution in [2.75, 3.05) is 5.88 Å². The molecule has 0 amide bonds. The highest BCUT2D eigenvalue weighted by atomic mass is 127. The number of rotatable bonds is 2. The molecule has 70 valence electrons. The summed E-state index contributed by atoms with van der Waals surface area (Å²) < 4.78 is 13.8. The number of aryl methyl sites for hydroxylation is 1. The van der Waals surface area contributed by atoms with Crippen molar-refractivity contribution >= 4 is 40.0 Å². The van der Waals surface area contributed by atoms with E-state index in [2.05, 4.69) is 0 Å². The standard InChI is InChI=1S/C9H7ClFIO/c1-5-2-3-6(11)8(9(5)12)7(13)4-10/h2-3H,4H2,1H3. The van der Waals surface area contributed by atoms with Crippen LogP contribution in [0.3, 0.4) is 0 Å². The van der Waals surface area contributed by atoms with Crippen molar-refractivity contribution < 1.29 is 9.18 Å². The Hall–Kier alpha value is -0.160. The lowest BCUT2D eigenvalue weighted by Gasteiger charge is -2.05. The van der Waals surface area contributed by atoms with Crippen LogP contribution in [-0.4, -0.2) is 11.7 Å². The average molecular weight is 313 g/mol. The predicted molar refractivity (Wildman–Crippen MR) is 58.9 cm³/mol. The minimum absolute atomic E-state index is 0.107. The first-order valence-electron chi connectivity index (χ1n) is 3.61. The van der Waals surface area contributed by atoms with Gasteiger partial charge in [-0.25, -0.2) is 4.39 Å². The predicted octanol–water partition coefficient (Wildman–Crippen LogP) is 3.16. The van der Waals surface area contributed by atoms with Gasteiger partial charge in [-0.05, 0) is 41.1 Å². The van der Waals surface area contributed by atoms with Gasteiger partial charge in [-0.2, -0.15) is 0 Å². The SMILES string of the molecule is Cc1ccc(F)c(C(=O)CCl)c1I. The Kier molecular flexibility index (Phi) is 3.67. The minimum atomic E-state index is -0.499. The Morgan fingerprint density at radius 1 is 1.62 bits per heavy atom. The molecule has 1 aromatic rings. The zero-order valence-electron chi connectivity index (χ0n) is 6.90. The zero-order chi connectivity index (χ0) is 10.0. The van der Waals surface area contributed by atoms with Crippen molar-refractivity contribution in [1.29, 1.82) is 0 Å². The van der Waals surface area contributed by atoms with E-state index in [4.69, 9.17) is 11.6 Å². The number of carbonyl (C=O) groups is 1. The van der Waals surface area contributed by atoms with Crippen LogP contribution < -0.4 is 0 Å². The van der Waals surface area contributed by atoms with E-state index in [1.54, 1.807) is 6.07 Å². The van der Waals surface area contributed by atoms with Crippen LogP contribution in [0.1, 0.15) is 15.9 Å². The van der Waals surface area contributed by atoms with Gasteiger partial charge in [0.1, 0.15) is 5.82 Å². The van der Waals surface area contributed by atoms with E-state index in [1.165, 1.54) is 6.07 Å². The topological polar surface area (TPSA) is 17.1 Å². The molecule has 0 heterocycles. The van der Waals surface area contributed by atoms with Gasteiger partial charge >= 0.3 is 0 Å². The molecule has 0 N–H and O–H groups in total. The van der Waals surface area contributed by atoms with Gasteiger partial charge in [0.15, 0.2) is 5.78 Å². The maximum atomic E-state index is 13.2. The molecule has 0 aromatic heterocycles. The van der Waals surface area contributed by atoms with E-state index in [0.29, 0.717) is 3.57 Å². The summed E-state index contributed by atoms with van der Waals surface area (Å²) in [6.45, 7) is 1.83. The summed E-state index contributed by atoms with van der Waals surface area (Å²) in [5.41, 5.74) is 0.992. The second-order valence-corrected chi connectivity index (χ2v) is 3.96. The molecule has 1 nitrogen and oxygen atoms in total. The molecule has 0 spiro atoms. The van der Waals surface area contributed by atoms with Crippen molar-refractivity contribution in [2.24, 2.45) is 0 Å². The van der Waals surface area contributed by atoms with Gasteiger partial charge in [0.25, 0.3) is 0 Å². The Bertz CT molecular complexity index is 352. The average Bonchev–Trinajstić information content (AvgIpc) is 2.12. The number of ketones is 1. The molecule has 0 aliphatic heterocycles. The summed E-state index contributed by atoms with van der Waals surface area (Å²) >= 11 is 7.31. The van der Waals surface area contributed by atoms with Crippen LogP contribution in [0.25, 0.3) is 0 Å². The van der Waals surface area contributed by atoms with Crippen molar-refractivity contribution in [3.05, 3.63) is 32.6 Å². The number of halogens is 3. The zero-order valence-corrected chi connectivity index (χ0v) is 9.82. The van der Waals surface area contributed by atoms with E-state index in [1.807, 2.05) is 29.5 Å². The monoisotopic (exact) mass is 312 g/mol. The van der Waals surface area contributed by atoms with Gasteiger partial charge in [0.05, 0.1) is 11.4 Å². The van der Waals surface area contributed by atoms with Crippen LogP contribution >= 0.6 is 34.2 Å². The Morgan fingerprint density at radius 3 is 2.77 bits per heavy atom. The molecule has 0 fully saturated rings. The smallest absolute Gasteiger partial charge is 0.181 e. The summed E-state index contributed by atoms with van der Waals surface area (Å²) in [5, 5.41) is 0. The highest BCUT2D eigenvalue weighted by Gasteiger charge is 2.15. The number of benzene rings is 1. The molecule has 0 unspecified atom stereocenters. The maximum Gasteiger partial charge on any atom is 0.181 e. The molecule has 0 aliphatic carbocycles. The number of carbonyl (C=O) groups excluding carboxylic acids is 1. The van der Waals surface area contributed by atoms with Crippen LogP contribution in [0.5, 0.6) is 0 Å². The highest BCUT2D eigenvalue weighted by molar-refractivity contribution is 14.1. The van der Waals surface area contributed by atoms with E-state index in [0.717, 1.165) is 5.56 Å². The lowest BCUT2D eigenvalue weighted by atomic mass is 10.1. The third-order valence-corrected chi connectivity index (χ3v) is 3.32. The fraction of sp³-hybridized carbons (Fsp3) is 0.222. The van der Waals surface area contributed by atoms with E-state index < -0.39 is 5.82 Å². The first-order chi connectivity index (χ1) is 6.07. The molecule has 0 bridgehead atoms. The van der Waals surface area contributed by atoms with Crippen LogP contribution in [0.2, 0.25) is 0 Å². The molecule has 13 heavy (non-hydrogen) atoms. The Balaban J connectivity index is 3.33. The summed E-state index contributed by atoms with van der Waals surface area (Å²) in [5.74, 6) is -1.05. The van der Waals surface area contributed by atoms with E-state index in [-0.39, 0.29) is 17.2 Å². The number of hydrogen-bond acceptors (Lipinski definition) is 1. The fourth-order valence-electron chi connectivity index (χ4n) is 0.979. The maximum absolute atomic E-state index is 13.2. The van der Waals surface area contributed by atoms with Gasteiger partial charge in [0, 0.05) is 3.57 Å². The van der Waals surface area contributed by atoms with Crippen molar-refractivity contribution in [2.45, 2.75) is 6.92 Å². The van der Waals surface area contributed by atoms with Crippen molar-refractivity contribution in [3.63, 3.8) is 0 Å². The van der Waals surface area contributed by atoms with Gasteiger partial charge < -0.3 is 0 Å². The summed E-state index contributed by atoms with van der Waals surface area (Å²) in [6, 6.07) is 2.93. The molecule has 0 saturated carbocycles. The summed E-state index contributed by atoms with van der Waals surface area (Å²) in [7, 11) is 0. The van der Waals surface area contributed by atoms with Crippen molar-refractivity contribution in [3.8, 4) is 0 Å². The number of hydrogen-bond donors (Lipinski definition) is 0. The second-order valence-electron chi connectivity index (χ2n) is 2.61. The number of Topliss-reactive ketones (excluding diaryl/α,β-unsaturated/α-hetero) is 1. The minimum Gasteiger partial charge on any atom is -0.293 e. The first-order valence-corrected chi connectivity index (χ1v) is 5.23. The van der Waals surface area contributed by atoms with Gasteiger partial charge in [-0.15, -0.1) is 11.6 Å². The molecule has 0 atom stereocenters.